The van der Waals surface area contributed by atoms with Crippen LogP contribution in [0.5, 0.6) is 0 Å². The number of rotatable bonds is 0. The minimum absolute atomic E-state index is 0.269. The Morgan fingerprint density at radius 2 is 1.69 bits per heavy atom. The van der Waals surface area contributed by atoms with Gasteiger partial charge in [-0.1, -0.05) is 18.0 Å². The van der Waals surface area contributed by atoms with E-state index in [9.17, 15) is 0 Å². The van der Waals surface area contributed by atoms with Crippen molar-refractivity contribution in [2.75, 3.05) is 0 Å². The smallest absolute Gasteiger partial charge is 0.223 e. The SMILES string of the molecule is Clc1nc(Cl)c2c(n1)CCCCC2. The Morgan fingerprint density at radius 1 is 0.923 bits per heavy atom. The molecular formula is C9H10Cl2N2. The molecule has 0 radical (unpaired) electrons. The van der Waals surface area contributed by atoms with Gasteiger partial charge in [-0.2, -0.15) is 0 Å². The predicted octanol–water partition coefficient (Wildman–Crippen LogP) is 3.05. The highest BCUT2D eigenvalue weighted by Crippen LogP contribution is 2.25. The summed E-state index contributed by atoms with van der Waals surface area (Å²) in [6.07, 6.45) is 5.57. The largest absolute Gasteiger partial charge is 0.224 e. The van der Waals surface area contributed by atoms with Gasteiger partial charge in [0.2, 0.25) is 5.28 Å². The normalized spacial score (nSPS) is 16.5. The Bertz CT molecular complexity index is 326. The van der Waals surface area contributed by atoms with E-state index in [4.69, 9.17) is 23.2 Å². The number of nitrogens with zero attached hydrogens (tertiary/aromatic N) is 2. The van der Waals surface area contributed by atoms with E-state index in [1.165, 1.54) is 19.3 Å². The lowest BCUT2D eigenvalue weighted by atomic mass is 10.1. The van der Waals surface area contributed by atoms with Crippen molar-refractivity contribution in [2.24, 2.45) is 0 Å². The summed E-state index contributed by atoms with van der Waals surface area (Å²) in [5.74, 6) is 0. The Morgan fingerprint density at radius 3 is 2.54 bits per heavy atom. The van der Waals surface area contributed by atoms with E-state index in [2.05, 4.69) is 9.97 Å². The number of halogens is 2. The van der Waals surface area contributed by atoms with Crippen molar-refractivity contribution in [2.45, 2.75) is 32.1 Å². The zero-order chi connectivity index (χ0) is 9.26. The van der Waals surface area contributed by atoms with Gasteiger partial charge >= 0.3 is 0 Å². The highest BCUT2D eigenvalue weighted by atomic mass is 35.5. The molecule has 0 N–H and O–H groups in total. The molecule has 0 aromatic carbocycles. The lowest BCUT2D eigenvalue weighted by Crippen LogP contribution is -1.99. The maximum Gasteiger partial charge on any atom is 0.224 e. The zero-order valence-corrected chi connectivity index (χ0v) is 8.70. The fraction of sp³-hybridized carbons (Fsp3) is 0.556. The van der Waals surface area contributed by atoms with Gasteiger partial charge in [-0.3, -0.25) is 0 Å². The van der Waals surface area contributed by atoms with E-state index in [0.717, 1.165) is 24.1 Å². The first-order valence-electron chi connectivity index (χ1n) is 4.48. The first-order valence-corrected chi connectivity index (χ1v) is 5.24. The Kier molecular flexibility index (Phi) is 2.70. The molecule has 4 heteroatoms. The van der Waals surface area contributed by atoms with Gasteiger partial charge in [0, 0.05) is 5.56 Å². The Labute approximate surface area is 87.3 Å². The third-order valence-corrected chi connectivity index (χ3v) is 2.84. The summed E-state index contributed by atoms with van der Waals surface area (Å²) >= 11 is 11.7. The van der Waals surface area contributed by atoms with Crippen LogP contribution in [0.4, 0.5) is 0 Å². The monoisotopic (exact) mass is 216 g/mol. The summed E-state index contributed by atoms with van der Waals surface area (Å²) in [5, 5.41) is 0.808. The van der Waals surface area contributed by atoms with Crippen LogP contribution in [-0.4, -0.2) is 9.97 Å². The molecule has 1 aromatic rings. The molecule has 0 atom stereocenters. The summed E-state index contributed by atoms with van der Waals surface area (Å²) in [4.78, 5) is 8.15. The van der Waals surface area contributed by atoms with Crippen LogP contribution in [0.15, 0.2) is 0 Å². The molecule has 0 bridgehead atoms. The molecule has 0 fully saturated rings. The molecule has 1 aliphatic rings. The molecule has 0 amide bonds. The van der Waals surface area contributed by atoms with E-state index in [-0.39, 0.29) is 5.28 Å². The van der Waals surface area contributed by atoms with Crippen molar-refractivity contribution in [1.82, 2.24) is 9.97 Å². The number of hydrogen-bond donors (Lipinski definition) is 0. The van der Waals surface area contributed by atoms with Gasteiger partial charge in [0.05, 0.1) is 5.69 Å². The zero-order valence-electron chi connectivity index (χ0n) is 7.19. The summed E-state index contributed by atoms with van der Waals surface area (Å²) < 4.78 is 0. The van der Waals surface area contributed by atoms with Crippen molar-refractivity contribution in [3.8, 4) is 0 Å². The maximum absolute atomic E-state index is 5.98. The average molecular weight is 217 g/mol. The van der Waals surface area contributed by atoms with Gasteiger partial charge in [-0.15, -0.1) is 0 Å². The predicted molar refractivity (Wildman–Crippen MR) is 53.3 cm³/mol. The Balaban J connectivity index is 2.47. The lowest BCUT2D eigenvalue weighted by molar-refractivity contribution is 0.708. The summed E-state index contributed by atoms with van der Waals surface area (Å²) in [7, 11) is 0. The van der Waals surface area contributed by atoms with Crippen LogP contribution in [0.3, 0.4) is 0 Å². The molecule has 2 rings (SSSR count). The van der Waals surface area contributed by atoms with Crippen LogP contribution in [0.2, 0.25) is 10.4 Å². The highest BCUT2D eigenvalue weighted by Gasteiger charge is 2.14. The minimum atomic E-state index is 0.269. The number of hydrogen-bond acceptors (Lipinski definition) is 2. The van der Waals surface area contributed by atoms with Crippen molar-refractivity contribution in [3.63, 3.8) is 0 Å². The molecule has 70 valence electrons. The second-order valence-corrected chi connectivity index (χ2v) is 3.97. The van der Waals surface area contributed by atoms with Gasteiger partial charge in [-0.05, 0) is 37.3 Å². The van der Waals surface area contributed by atoms with Crippen molar-refractivity contribution >= 4 is 23.2 Å². The molecule has 1 aliphatic carbocycles. The van der Waals surface area contributed by atoms with Crippen LogP contribution >= 0.6 is 23.2 Å². The minimum Gasteiger partial charge on any atom is -0.223 e. The molecule has 0 spiro atoms. The fourth-order valence-electron chi connectivity index (χ4n) is 1.70. The number of aromatic nitrogens is 2. The van der Waals surface area contributed by atoms with Gasteiger partial charge in [0.15, 0.2) is 0 Å². The number of fused-ring (bicyclic) bond motifs is 1. The summed E-state index contributed by atoms with van der Waals surface area (Å²) in [6, 6.07) is 0. The maximum atomic E-state index is 5.98. The van der Waals surface area contributed by atoms with Crippen LogP contribution in [0.25, 0.3) is 0 Å². The van der Waals surface area contributed by atoms with Crippen LogP contribution in [0.1, 0.15) is 30.5 Å². The third-order valence-electron chi connectivity index (χ3n) is 2.36. The molecular weight excluding hydrogens is 207 g/mol. The summed E-state index contributed by atoms with van der Waals surface area (Å²) in [5.41, 5.74) is 2.14. The molecule has 1 aromatic heterocycles. The van der Waals surface area contributed by atoms with Crippen molar-refractivity contribution in [1.29, 1.82) is 0 Å². The van der Waals surface area contributed by atoms with Gasteiger partial charge in [-0.25, -0.2) is 9.97 Å². The molecule has 2 nitrogen and oxygen atoms in total. The van der Waals surface area contributed by atoms with Crippen LogP contribution in [-0.2, 0) is 12.8 Å². The number of aryl methyl sites for hydroxylation is 1. The first-order chi connectivity index (χ1) is 6.27. The topological polar surface area (TPSA) is 25.8 Å². The summed E-state index contributed by atoms with van der Waals surface area (Å²) in [6.45, 7) is 0. The average Bonchev–Trinajstić information content (AvgIpc) is 2.28. The van der Waals surface area contributed by atoms with E-state index in [1.54, 1.807) is 0 Å². The van der Waals surface area contributed by atoms with Crippen LogP contribution < -0.4 is 0 Å². The van der Waals surface area contributed by atoms with Crippen molar-refractivity contribution in [3.05, 3.63) is 21.7 Å². The Hall–Kier alpha value is -0.340. The second-order valence-electron chi connectivity index (χ2n) is 3.27. The van der Waals surface area contributed by atoms with E-state index < -0.39 is 0 Å². The van der Waals surface area contributed by atoms with Crippen LogP contribution in [0, 0.1) is 0 Å². The molecule has 0 aliphatic heterocycles. The van der Waals surface area contributed by atoms with E-state index >= 15 is 0 Å². The standard InChI is InChI=1S/C9H10Cl2N2/c10-8-6-4-2-1-3-5-7(6)12-9(11)13-8/h1-5H2. The quantitative estimate of drug-likeness (QED) is 0.379. The molecule has 0 unspecified atom stereocenters. The lowest BCUT2D eigenvalue weighted by Gasteiger charge is -2.05. The highest BCUT2D eigenvalue weighted by molar-refractivity contribution is 6.32. The second kappa shape index (κ2) is 3.81. The van der Waals surface area contributed by atoms with Gasteiger partial charge in [0.25, 0.3) is 0 Å². The van der Waals surface area contributed by atoms with Gasteiger partial charge in [0.1, 0.15) is 5.15 Å². The molecule has 0 saturated heterocycles. The molecule has 0 saturated carbocycles. The van der Waals surface area contributed by atoms with E-state index in [1.807, 2.05) is 0 Å². The first kappa shape index (κ1) is 9.22. The molecule has 1 heterocycles. The molecule has 13 heavy (non-hydrogen) atoms. The van der Waals surface area contributed by atoms with E-state index in [0.29, 0.717) is 5.15 Å². The fourth-order valence-corrected chi connectivity index (χ4v) is 2.21. The third kappa shape index (κ3) is 1.94. The van der Waals surface area contributed by atoms with Gasteiger partial charge < -0.3 is 0 Å². The van der Waals surface area contributed by atoms with Crippen molar-refractivity contribution < 1.29 is 0 Å².